The monoisotopic (exact) mass is 241 g/mol. The summed E-state index contributed by atoms with van der Waals surface area (Å²) in [7, 11) is 0. The average Bonchev–Trinajstić information content (AvgIpc) is 3.13. The van der Waals surface area contributed by atoms with E-state index < -0.39 is 0 Å². The van der Waals surface area contributed by atoms with Crippen LogP contribution in [0, 0.1) is 6.92 Å². The molecular weight excluding hydrogens is 222 g/mol. The highest BCUT2D eigenvalue weighted by Gasteiger charge is 2.28. The van der Waals surface area contributed by atoms with Crippen LogP contribution in [0.4, 0.5) is 0 Å². The second-order valence-corrected chi connectivity index (χ2v) is 5.12. The first-order chi connectivity index (χ1) is 8.78. The molecule has 0 unspecified atom stereocenters. The Labute approximate surface area is 108 Å². The van der Waals surface area contributed by atoms with Gasteiger partial charge in [-0.1, -0.05) is 17.7 Å². The lowest BCUT2D eigenvalue weighted by Gasteiger charge is -2.06. The van der Waals surface area contributed by atoms with Crippen LogP contribution in [0.1, 0.15) is 35.7 Å². The Morgan fingerprint density at radius 2 is 2.00 bits per heavy atom. The maximum absolute atomic E-state index is 5.62. The van der Waals surface area contributed by atoms with E-state index in [0.29, 0.717) is 12.5 Å². The molecule has 1 saturated carbocycles. The molecule has 1 aliphatic rings. The maximum atomic E-state index is 5.62. The molecule has 2 N–H and O–H groups in total. The fraction of sp³-hybridized carbons (Fsp3) is 0.400. The number of nitrogens with zero attached hydrogens (tertiary/aromatic N) is 2. The van der Waals surface area contributed by atoms with Gasteiger partial charge in [-0.2, -0.15) is 5.10 Å². The largest absolute Gasteiger partial charge is 0.330 e. The topological polar surface area (TPSA) is 43.8 Å². The molecule has 1 aliphatic carbocycles. The lowest BCUT2D eigenvalue weighted by atomic mass is 10.2. The minimum absolute atomic E-state index is 0.662. The molecule has 1 heterocycles. The zero-order valence-electron chi connectivity index (χ0n) is 10.8. The van der Waals surface area contributed by atoms with Crippen molar-refractivity contribution in [2.75, 3.05) is 6.54 Å². The third-order valence-corrected chi connectivity index (χ3v) is 3.46. The molecule has 3 heteroatoms. The number of rotatable bonds is 4. The summed E-state index contributed by atoms with van der Waals surface area (Å²) in [6.45, 7) is 2.77. The van der Waals surface area contributed by atoms with Gasteiger partial charge in [0.25, 0.3) is 0 Å². The van der Waals surface area contributed by atoms with Crippen molar-refractivity contribution in [2.45, 2.75) is 32.1 Å². The first-order valence-corrected chi connectivity index (χ1v) is 6.64. The van der Waals surface area contributed by atoms with Gasteiger partial charge in [0.15, 0.2) is 0 Å². The smallest absolute Gasteiger partial charge is 0.0649 e. The van der Waals surface area contributed by atoms with E-state index in [4.69, 9.17) is 10.8 Å². The van der Waals surface area contributed by atoms with Gasteiger partial charge in [-0.05, 0) is 44.5 Å². The van der Waals surface area contributed by atoms with Gasteiger partial charge in [-0.3, -0.25) is 0 Å². The summed E-state index contributed by atoms with van der Waals surface area (Å²) < 4.78 is 2.10. The van der Waals surface area contributed by atoms with Gasteiger partial charge in [0.2, 0.25) is 0 Å². The first-order valence-electron chi connectivity index (χ1n) is 6.64. The summed E-state index contributed by atoms with van der Waals surface area (Å²) >= 11 is 0. The van der Waals surface area contributed by atoms with Crippen molar-refractivity contribution in [3.63, 3.8) is 0 Å². The molecule has 2 aromatic rings. The Balaban J connectivity index is 2.00. The SMILES string of the molecule is Cc1ccc(-n2nc(CCN)cc2C2CC2)cc1. The summed E-state index contributed by atoms with van der Waals surface area (Å²) in [5, 5.41) is 4.70. The van der Waals surface area contributed by atoms with Gasteiger partial charge in [0.1, 0.15) is 0 Å². The second kappa shape index (κ2) is 4.58. The highest BCUT2D eigenvalue weighted by molar-refractivity contribution is 5.37. The molecule has 0 radical (unpaired) electrons. The van der Waals surface area contributed by atoms with Gasteiger partial charge >= 0.3 is 0 Å². The van der Waals surface area contributed by atoms with Gasteiger partial charge in [-0.15, -0.1) is 0 Å². The molecule has 0 amide bonds. The number of aryl methyl sites for hydroxylation is 1. The zero-order valence-corrected chi connectivity index (χ0v) is 10.8. The van der Waals surface area contributed by atoms with E-state index in [9.17, 15) is 0 Å². The minimum Gasteiger partial charge on any atom is -0.330 e. The standard InChI is InChI=1S/C15H19N3/c1-11-2-6-14(7-3-11)18-15(12-4-5-12)10-13(17-18)8-9-16/h2-3,6-7,10,12H,4-5,8-9,16H2,1H3. The van der Waals surface area contributed by atoms with Crippen LogP contribution in [0.2, 0.25) is 0 Å². The van der Waals surface area contributed by atoms with Crippen LogP contribution < -0.4 is 5.73 Å². The van der Waals surface area contributed by atoms with Crippen LogP contribution in [0.3, 0.4) is 0 Å². The van der Waals surface area contributed by atoms with Crippen molar-refractivity contribution >= 4 is 0 Å². The predicted molar refractivity (Wildman–Crippen MR) is 73.0 cm³/mol. The molecule has 1 aromatic carbocycles. The van der Waals surface area contributed by atoms with Crippen molar-refractivity contribution in [1.29, 1.82) is 0 Å². The molecular formula is C15H19N3. The van der Waals surface area contributed by atoms with Crippen LogP contribution in [-0.2, 0) is 6.42 Å². The highest BCUT2D eigenvalue weighted by atomic mass is 15.3. The Morgan fingerprint density at radius 3 is 2.61 bits per heavy atom. The molecule has 0 spiro atoms. The highest BCUT2D eigenvalue weighted by Crippen LogP contribution is 2.41. The van der Waals surface area contributed by atoms with E-state index in [0.717, 1.165) is 17.8 Å². The molecule has 3 nitrogen and oxygen atoms in total. The van der Waals surface area contributed by atoms with E-state index in [1.807, 2.05) is 0 Å². The summed E-state index contributed by atoms with van der Waals surface area (Å²) in [6.07, 6.45) is 3.44. The lowest BCUT2D eigenvalue weighted by molar-refractivity contribution is 0.781. The summed E-state index contributed by atoms with van der Waals surface area (Å²) in [4.78, 5) is 0. The van der Waals surface area contributed by atoms with Gasteiger partial charge in [0.05, 0.1) is 11.4 Å². The van der Waals surface area contributed by atoms with E-state index >= 15 is 0 Å². The second-order valence-electron chi connectivity index (χ2n) is 5.12. The third kappa shape index (κ3) is 2.18. The van der Waals surface area contributed by atoms with E-state index in [1.54, 1.807) is 0 Å². The molecule has 3 rings (SSSR count). The Bertz CT molecular complexity index is 535. The summed E-state index contributed by atoms with van der Waals surface area (Å²) in [6, 6.07) is 10.8. The maximum Gasteiger partial charge on any atom is 0.0649 e. The van der Waals surface area contributed by atoms with Crippen LogP contribution in [0.25, 0.3) is 5.69 Å². The van der Waals surface area contributed by atoms with Crippen LogP contribution >= 0.6 is 0 Å². The molecule has 0 atom stereocenters. The Kier molecular flexibility index (Phi) is 2.92. The molecule has 1 fully saturated rings. The average molecular weight is 241 g/mol. The first kappa shape index (κ1) is 11.5. The minimum atomic E-state index is 0.662. The number of hydrogen-bond donors (Lipinski definition) is 1. The fourth-order valence-corrected chi connectivity index (χ4v) is 2.28. The predicted octanol–water partition coefficient (Wildman–Crippen LogP) is 2.56. The Morgan fingerprint density at radius 1 is 1.28 bits per heavy atom. The van der Waals surface area contributed by atoms with E-state index in [1.165, 1.54) is 24.1 Å². The zero-order chi connectivity index (χ0) is 12.5. The van der Waals surface area contributed by atoms with Crippen molar-refractivity contribution in [1.82, 2.24) is 9.78 Å². The number of hydrogen-bond acceptors (Lipinski definition) is 2. The van der Waals surface area contributed by atoms with E-state index in [-0.39, 0.29) is 0 Å². The van der Waals surface area contributed by atoms with Crippen LogP contribution in [0.15, 0.2) is 30.3 Å². The lowest BCUT2D eigenvalue weighted by Crippen LogP contribution is -2.05. The summed E-state index contributed by atoms with van der Waals surface area (Å²) in [5.74, 6) is 0.699. The number of nitrogens with two attached hydrogens (primary N) is 1. The van der Waals surface area contributed by atoms with Gasteiger partial charge in [-0.25, -0.2) is 4.68 Å². The van der Waals surface area contributed by atoms with Crippen LogP contribution in [0.5, 0.6) is 0 Å². The third-order valence-electron chi connectivity index (χ3n) is 3.46. The normalized spacial score (nSPS) is 15.0. The molecule has 18 heavy (non-hydrogen) atoms. The van der Waals surface area contributed by atoms with Crippen molar-refractivity contribution in [2.24, 2.45) is 5.73 Å². The van der Waals surface area contributed by atoms with Crippen LogP contribution in [-0.4, -0.2) is 16.3 Å². The fourth-order valence-electron chi connectivity index (χ4n) is 2.28. The number of aromatic nitrogens is 2. The summed E-state index contributed by atoms with van der Waals surface area (Å²) in [5.41, 5.74) is 10.5. The molecule has 1 aromatic heterocycles. The van der Waals surface area contributed by atoms with E-state index in [2.05, 4.69) is 41.9 Å². The molecule has 0 saturated heterocycles. The molecule has 94 valence electrons. The van der Waals surface area contributed by atoms with Crippen molar-refractivity contribution in [3.8, 4) is 5.69 Å². The van der Waals surface area contributed by atoms with Gasteiger partial charge < -0.3 is 5.73 Å². The quantitative estimate of drug-likeness (QED) is 0.894. The number of benzene rings is 1. The van der Waals surface area contributed by atoms with Crippen molar-refractivity contribution < 1.29 is 0 Å². The molecule has 0 aliphatic heterocycles. The molecule has 0 bridgehead atoms. The Hall–Kier alpha value is -1.61. The van der Waals surface area contributed by atoms with Crippen molar-refractivity contribution in [3.05, 3.63) is 47.3 Å². The van der Waals surface area contributed by atoms with Gasteiger partial charge in [0, 0.05) is 18.0 Å².